The highest BCUT2D eigenvalue weighted by molar-refractivity contribution is 5.89. The van der Waals surface area contributed by atoms with Crippen molar-refractivity contribution in [2.75, 3.05) is 13.2 Å². The average Bonchev–Trinajstić information content (AvgIpc) is 2.47. The van der Waals surface area contributed by atoms with Gasteiger partial charge in [-0.2, -0.15) is 0 Å². The largest absolute Gasteiger partial charge is 0.486 e. The molecule has 0 bridgehead atoms. The maximum absolute atomic E-state index is 13.9. The molecule has 1 aliphatic heterocycles. The molecule has 4 nitrogen and oxygen atoms in total. The zero-order valence-corrected chi connectivity index (χ0v) is 10.4. The van der Waals surface area contributed by atoms with E-state index >= 15 is 0 Å². The van der Waals surface area contributed by atoms with Gasteiger partial charge in [0.25, 0.3) is 0 Å². The fourth-order valence-corrected chi connectivity index (χ4v) is 2.09. The fourth-order valence-electron chi connectivity index (χ4n) is 2.09. The molecule has 0 aliphatic carbocycles. The third-order valence-corrected chi connectivity index (χ3v) is 3.07. The smallest absolute Gasteiger partial charge is 0.335 e. The minimum atomic E-state index is -1.09. The molecular formula is C15H11FO4. The Balaban J connectivity index is 2.08. The van der Waals surface area contributed by atoms with Crippen molar-refractivity contribution < 1.29 is 23.8 Å². The molecule has 2 aromatic rings. The molecule has 102 valence electrons. The van der Waals surface area contributed by atoms with Crippen molar-refractivity contribution in [2.24, 2.45) is 0 Å². The lowest BCUT2D eigenvalue weighted by atomic mass is 10.0. The number of ether oxygens (including phenoxy) is 2. The fraction of sp³-hybridized carbons (Fsp3) is 0.133. The van der Waals surface area contributed by atoms with E-state index in [1.807, 2.05) is 0 Å². The van der Waals surface area contributed by atoms with E-state index in [2.05, 4.69) is 0 Å². The predicted octanol–water partition coefficient (Wildman–Crippen LogP) is 2.96. The van der Waals surface area contributed by atoms with Crippen molar-refractivity contribution in [1.29, 1.82) is 0 Å². The van der Waals surface area contributed by atoms with Gasteiger partial charge in [-0.05, 0) is 35.9 Å². The van der Waals surface area contributed by atoms with E-state index in [-0.39, 0.29) is 11.1 Å². The first-order chi connectivity index (χ1) is 9.65. The lowest BCUT2D eigenvalue weighted by Gasteiger charge is -2.19. The molecule has 0 amide bonds. The quantitative estimate of drug-likeness (QED) is 0.914. The summed E-state index contributed by atoms with van der Waals surface area (Å²) in [5.41, 5.74) is 0.813. The first kappa shape index (κ1) is 12.5. The maximum Gasteiger partial charge on any atom is 0.335 e. The van der Waals surface area contributed by atoms with Crippen LogP contribution in [0.15, 0.2) is 36.4 Å². The van der Waals surface area contributed by atoms with Crippen molar-refractivity contribution in [1.82, 2.24) is 0 Å². The van der Waals surface area contributed by atoms with Crippen LogP contribution < -0.4 is 9.47 Å². The van der Waals surface area contributed by atoms with Gasteiger partial charge < -0.3 is 14.6 Å². The number of carboxylic acids is 1. The van der Waals surface area contributed by atoms with Gasteiger partial charge in [-0.25, -0.2) is 9.18 Å². The van der Waals surface area contributed by atoms with Gasteiger partial charge in [-0.1, -0.05) is 6.07 Å². The molecule has 0 aromatic heterocycles. The second-order valence-electron chi connectivity index (χ2n) is 4.36. The van der Waals surface area contributed by atoms with Crippen LogP contribution in [0.4, 0.5) is 4.39 Å². The summed E-state index contributed by atoms with van der Waals surface area (Å²) in [4.78, 5) is 11.0. The highest BCUT2D eigenvalue weighted by Gasteiger charge is 2.15. The number of aromatic carboxylic acids is 1. The van der Waals surface area contributed by atoms with E-state index in [0.717, 1.165) is 6.07 Å². The second kappa shape index (κ2) is 4.85. The van der Waals surface area contributed by atoms with Gasteiger partial charge in [-0.3, -0.25) is 0 Å². The molecule has 1 heterocycles. The van der Waals surface area contributed by atoms with Crippen LogP contribution in [0.2, 0.25) is 0 Å². The highest BCUT2D eigenvalue weighted by Crippen LogP contribution is 2.35. The summed E-state index contributed by atoms with van der Waals surface area (Å²) >= 11 is 0. The topological polar surface area (TPSA) is 55.8 Å². The molecule has 0 saturated carbocycles. The van der Waals surface area contributed by atoms with Gasteiger partial charge in [0.1, 0.15) is 19.0 Å². The molecule has 1 N–H and O–H groups in total. The van der Waals surface area contributed by atoms with Gasteiger partial charge in [-0.15, -0.1) is 0 Å². The Morgan fingerprint density at radius 3 is 2.55 bits per heavy atom. The minimum absolute atomic E-state index is 0.0382. The van der Waals surface area contributed by atoms with Crippen LogP contribution in [0.25, 0.3) is 11.1 Å². The van der Waals surface area contributed by atoms with E-state index in [1.165, 1.54) is 12.1 Å². The lowest BCUT2D eigenvalue weighted by molar-refractivity contribution is 0.0697. The number of hydrogen-bond acceptors (Lipinski definition) is 3. The number of benzene rings is 2. The van der Waals surface area contributed by atoms with Gasteiger partial charge in [0.15, 0.2) is 11.5 Å². The van der Waals surface area contributed by atoms with Crippen molar-refractivity contribution in [3.63, 3.8) is 0 Å². The van der Waals surface area contributed by atoms with Gasteiger partial charge in [0.05, 0.1) is 5.56 Å². The predicted molar refractivity (Wildman–Crippen MR) is 69.8 cm³/mol. The summed E-state index contributed by atoms with van der Waals surface area (Å²) in [6, 6.07) is 8.71. The highest BCUT2D eigenvalue weighted by atomic mass is 19.1. The SMILES string of the molecule is O=C(O)c1ccc(F)c(-c2ccc3c(c2)OCCO3)c1. The summed E-state index contributed by atoms with van der Waals surface area (Å²) in [5.74, 6) is -0.431. The molecule has 0 spiro atoms. The lowest BCUT2D eigenvalue weighted by Crippen LogP contribution is -2.15. The Kier molecular flexibility index (Phi) is 3.02. The Morgan fingerprint density at radius 2 is 1.80 bits per heavy atom. The van der Waals surface area contributed by atoms with Gasteiger partial charge in [0, 0.05) is 5.56 Å². The molecule has 1 aliphatic rings. The van der Waals surface area contributed by atoms with Crippen LogP contribution in [0.5, 0.6) is 11.5 Å². The van der Waals surface area contributed by atoms with E-state index in [4.69, 9.17) is 14.6 Å². The summed E-state index contributed by atoms with van der Waals surface area (Å²) in [7, 11) is 0. The van der Waals surface area contributed by atoms with Crippen LogP contribution in [0, 0.1) is 5.82 Å². The number of carbonyl (C=O) groups is 1. The minimum Gasteiger partial charge on any atom is -0.486 e. The number of hydrogen-bond donors (Lipinski definition) is 1. The molecule has 0 fully saturated rings. The Morgan fingerprint density at radius 1 is 1.05 bits per heavy atom. The van der Waals surface area contributed by atoms with Crippen LogP contribution in [-0.2, 0) is 0 Å². The summed E-state index contributed by atoms with van der Waals surface area (Å²) in [6.07, 6.45) is 0. The first-order valence-corrected chi connectivity index (χ1v) is 6.08. The molecule has 3 rings (SSSR count). The maximum atomic E-state index is 13.9. The van der Waals surface area contributed by atoms with Crippen molar-refractivity contribution >= 4 is 5.97 Å². The van der Waals surface area contributed by atoms with E-state index in [0.29, 0.717) is 30.3 Å². The Bertz CT molecular complexity index is 682. The first-order valence-electron chi connectivity index (χ1n) is 6.08. The van der Waals surface area contributed by atoms with Crippen LogP contribution in [0.3, 0.4) is 0 Å². The van der Waals surface area contributed by atoms with Crippen LogP contribution in [0.1, 0.15) is 10.4 Å². The summed E-state index contributed by atoms with van der Waals surface area (Å²) < 4.78 is 24.7. The zero-order valence-electron chi connectivity index (χ0n) is 10.4. The van der Waals surface area contributed by atoms with Crippen LogP contribution in [-0.4, -0.2) is 24.3 Å². The Hall–Kier alpha value is -2.56. The van der Waals surface area contributed by atoms with Crippen LogP contribution >= 0.6 is 0 Å². The second-order valence-corrected chi connectivity index (χ2v) is 4.36. The molecular weight excluding hydrogens is 263 g/mol. The average molecular weight is 274 g/mol. The van der Waals surface area contributed by atoms with Crippen molar-refractivity contribution in [3.05, 3.63) is 47.8 Å². The van der Waals surface area contributed by atoms with E-state index < -0.39 is 11.8 Å². The third kappa shape index (κ3) is 2.18. The van der Waals surface area contributed by atoms with Gasteiger partial charge >= 0.3 is 5.97 Å². The number of carboxylic acid groups (broad SMARTS) is 1. The molecule has 0 radical (unpaired) electrons. The summed E-state index contributed by atoms with van der Waals surface area (Å²) in [6.45, 7) is 0.920. The molecule has 20 heavy (non-hydrogen) atoms. The number of halogens is 1. The molecule has 5 heteroatoms. The van der Waals surface area contributed by atoms with Crippen molar-refractivity contribution in [2.45, 2.75) is 0 Å². The van der Waals surface area contributed by atoms with Crippen molar-refractivity contribution in [3.8, 4) is 22.6 Å². The normalized spacial score (nSPS) is 13.1. The van der Waals surface area contributed by atoms with Gasteiger partial charge in [0.2, 0.25) is 0 Å². The molecule has 0 unspecified atom stereocenters. The van der Waals surface area contributed by atoms with E-state index in [1.54, 1.807) is 18.2 Å². The molecule has 0 saturated heterocycles. The number of rotatable bonds is 2. The Labute approximate surface area is 114 Å². The molecule has 0 atom stereocenters. The number of fused-ring (bicyclic) bond motifs is 1. The van der Waals surface area contributed by atoms with E-state index in [9.17, 15) is 9.18 Å². The standard InChI is InChI=1S/C15H11FO4/c16-12-3-1-10(15(17)18)7-11(12)9-2-4-13-14(8-9)20-6-5-19-13/h1-4,7-8H,5-6H2,(H,17,18). The molecule has 2 aromatic carbocycles. The monoisotopic (exact) mass is 274 g/mol. The zero-order chi connectivity index (χ0) is 14.1. The summed E-state index contributed by atoms with van der Waals surface area (Å²) in [5, 5.41) is 8.97. The third-order valence-electron chi connectivity index (χ3n) is 3.07.